The van der Waals surface area contributed by atoms with Crippen LogP contribution in [0.15, 0.2) is 35.3 Å². The van der Waals surface area contributed by atoms with Gasteiger partial charge in [0.05, 0.1) is 0 Å². The lowest BCUT2D eigenvalue weighted by Gasteiger charge is -2.27. The highest BCUT2D eigenvalue weighted by molar-refractivity contribution is 5.93. The molecule has 4 N–H and O–H groups in total. The van der Waals surface area contributed by atoms with Crippen LogP contribution in [0.1, 0.15) is 51.4 Å². The first kappa shape index (κ1) is 17.3. The van der Waals surface area contributed by atoms with E-state index in [1.54, 1.807) is 0 Å². The molecule has 0 radical (unpaired) electrons. The molecule has 0 saturated heterocycles. The van der Waals surface area contributed by atoms with Crippen LogP contribution in [0.3, 0.4) is 0 Å². The summed E-state index contributed by atoms with van der Waals surface area (Å²) in [5.41, 5.74) is 6.97. The number of rotatable bonds is 5. The van der Waals surface area contributed by atoms with Crippen LogP contribution in [0.2, 0.25) is 0 Å². The number of hydrogen-bond acceptors (Lipinski definition) is 2. The summed E-state index contributed by atoms with van der Waals surface area (Å²) in [6.07, 6.45) is 10.3. The molecular weight excluding hydrogens is 296 g/mol. The van der Waals surface area contributed by atoms with Gasteiger partial charge in [0.25, 0.3) is 0 Å². The van der Waals surface area contributed by atoms with Gasteiger partial charge in [-0.15, -0.1) is 0 Å². The zero-order valence-electron chi connectivity index (χ0n) is 14.7. The van der Waals surface area contributed by atoms with E-state index in [0.29, 0.717) is 17.9 Å². The predicted octanol–water partition coefficient (Wildman–Crippen LogP) is 3.75. The van der Waals surface area contributed by atoms with E-state index in [4.69, 9.17) is 10.7 Å². The van der Waals surface area contributed by atoms with E-state index in [1.165, 1.54) is 51.4 Å². The molecule has 24 heavy (non-hydrogen) atoms. The Labute approximate surface area is 146 Å². The van der Waals surface area contributed by atoms with E-state index in [2.05, 4.69) is 34.9 Å². The summed E-state index contributed by atoms with van der Waals surface area (Å²) in [7, 11) is 0. The fraction of sp³-hybridized carbons (Fsp3) is 0.650. The second-order valence-electron chi connectivity index (χ2n) is 7.44. The van der Waals surface area contributed by atoms with E-state index >= 15 is 0 Å². The molecule has 1 aromatic rings. The maximum Gasteiger partial charge on any atom is 0.196 e. The van der Waals surface area contributed by atoms with Crippen LogP contribution in [-0.2, 0) is 0 Å². The second kappa shape index (κ2) is 9.07. The number of nitrogens with two attached hydrogens (primary N) is 1. The lowest BCUT2D eigenvalue weighted by Crippen LogP contribution is -2.38. The van der Waals surface area contributed by atoms with Crippen LogP contribution in [-0.4, -0.2) is 25.1 Å². The number of para-hydroxylation sites is 1. The van der Waals surface area contributed by atoms with Gasteiger partial charge in [-0.25, -0.2) is 0 Å². The van der Waals surface area contributed by atoms with Crippen molar-refractivity contribution in [2.24, 2.45) is 22.6 Å². The van der Waals surface area contributed by atoms with Crippen molar-refractivity contribution in [1.29, 1.82) is 0 Å². The van der Waals surface area contributed by atoms with E-state index in [1.807, 2.05) is 6.07 Å². The van der Waals surface area contributed by atoms with E-state index in [0.717, 1.165) is 24.7 Å². The Hall–Kier alpha value is -1.55. The molecule has 0 bridgehead atoms. The van der Waals surface area contributed by atoms with Crippen molar-refractivity contribution in [2.45, 2.75) is 57.4 Å². The maximum atomic E-state index is 5.87. The SMILES string of the molecule is NCC1CCCC(CN=C(Nc2ccccc2)NC2CCCC2)C1. The second-order valence-corrected chi connectivity index (χ2v) is 7.44. The molecule has 1 aromatic carbocycles. The Kier molecular flexibility index (Phi) is 6.53. The largest absolute Gasteiger partial charge is 0.353 e. The molecule has 4 nitrogen and oxygen atoms in total. The fourth-order valence-electron chi connectivity index (χ4n) is 4.05. The third-order valence-electron chi connectivity index (χ3n) is 5.46. The summed E-state index contributed by atoms with van der Waals surface area (Å²) in [6, 6.07) is 10.9. The number of anilines is 1. The van der Waals surface area contributed by atoms with Crippen LogP contribution in [0.4, 0.5) is 5.69 Å². The van der Waals surface area contributed by atoms with Gasteiger partial charge in [0.1, 0.15) is 0 Å². The van der Waals surface area contributed by atoms with Gasteiger partial charge in [0, 0.05) is 18.3 Å². The highest BCUT2D eigenvalue weighted by Gasteiger charge is 2.21. The van der Waals surface area contributed by atoms with E-state index < -0.39 is 0 Å². The van der Waals surface area contributed by atoms with Crippen LogP contribution in [0.5, 0.6) is 0 Å². The topological polar surface area (TPSA) is 62.4 Å². The van der Waals surface area contributed by atoms with Crippen molar-refractivity contribution in [2.75, 3.05) is 18.4 Å². The summed E-state index contributed by atoms with van der Waals surface area (Å²) in [5, 5.41) is 7.13. The average Bonchev–Trinajstić information content (AvgIpc) is 3.14. The van der Waals surface area contributed by atoms with Crippen LogP contribution < -0.4 is 16.4 Å². The zero-order valence-corrected chi connectivity index (χ0v) is 14.7. The molecule has 2 fully saturated rings. The summed E-state index contributed by atoms with van der Waals surface area (Å²) in [5.74, 6) is 2.33. The van der Waals surface area contributed by atoms with Gasteiger partial charge in [-0.1, -0.05) is 37.5 Å². The Morgan fingerprint density at radius 2 is 1.75 bits per heavy atom. The summed E-state index contributed by atoms with van der Waals surface area (Å²) in [4.78, 5) is 4.93. The number of nitrogens with one attached hydrogen (secondary N) is 2. The highest BCUT2D eigenvalue weighted by atomic mass is 15.2. The van der Waals surface area contributed by atoms with Gasteiger partial charge >= 0.3 is 0 Å². The molecular formula is C20H32N4. The molecule has 2 unspecified atom stereocenters. The number of guanidine groups is 1. The Morgan fingerprint density at radius 1 is 1.00 bits per heavy atom. The molecule has 0 amide bonds. The number of nitrogens with zero attached hydrogens (tertiary/aromatic N) is 1. The highest BCUT2D eigenvalue weighted by Crippen LogP contribution is 2.28. The third-order valence-corrected chi connectivity index (χ3v) is 5.46. The maximum absolute atomic E-state index is 5.87. The van der Waals surface area contributed by atoms with Crippen LogP contribution in [0.25, 0.3) is 0 Å². The first-order chi connectivity index (χ1) is 11.8. The summed E-state index contributed by atoms with van der Waals surface area (Å²) in [6.45, 7) is 1.74. The van der Waals surface area contributed by atoms with Gasteiger partial charge in [0.15, 0.2) is 5.96 Å². The molecule has 0 heterocycles. The molecule has 0 aromatic heterocycles. The zero-order chi connectivity index (χ0) is 16.6. The normalized spacial score (nSPS) is 25.6. The Morgan fingerprint density at radius 3 is 2.50 bits per heavy atom. The minimum atomic E-state index is 0.572. The van der Waals surface area contributed by atoms with Crippen molar-refractivity contribution in [3.05, 3.63) is 30.3 Å². The summed E-state index contributed by atoms with van der Waals surface area (Å²) < 4.78 is 0. The van der Waals surface area contributed by atoms with Gasteiger partial charge in [-0.3, -0.25) is 4.99 Å². The van der Waals surface area contributed by atoms with Crippen molar-refractivity contribution in [1.82, 2.24) is 5.32 Å². The molecule has 2 aliphatic carbocycles. The first-order valence-corrected chi connectivity index (χ1v) is 9.66. The summed E-state index contributed by atoms with van der Waals surface area (Å²) >= 11 is 0. The Balaban J connectivity index is 1.61. The first-order valence-electron chi connectivity index (χ1n) is 9.66. The average molecular weight is 329 g/mol. The van der Waals surface area contributed by atoms with Crippen molar-refractivity contribution in [3.63, 3.8) is 0 Å². The third kappa shape index (κ3) is 5.23. The molecule has 2 aliphatic rings. The molecule has 2 atom stereocenters. The van der Waals surface area contributed by atoms with Crippen LogP contribution in [0, 0.1) is 11.8 Å². The predicted molar refractivity (Wildman–Crippen MR) is 102 cm³/mol. The molecule has 2 saturated carbocycles. The molecule has 3 rings (SSSR count). The van der Waals surface area contributed by atoms with E-state index in [-0.39, 0.29) is 0 Å². The van der Waals surface area contributed by atoms with E-state index in [9.17, 15) is 0 Å². The number of benzene rings is 1. The van der Waals surface area contributed by atoms with Gasteiger partial charge in [-0.05, 0) is 62.6 Å². The number of hydrogen-bond donors (Lipinski definition) is 3. The standard InChI is InChI=1S/C20H32N4/c21-14-16-7-6-8-17(13-16)15-22-20(24-19-11-4-5-12-19)23-18-9-2-1-3-10-18/h1-3,9-10,16-17,19H,4-8,11-15,21H2,(H2,22,23,24). The monoisotopic (exact) mass is 328 g/mol. The Bertz CT molecular complexity index is 508. The van der Waals surface area contributed by atoms with Crippen molar-refractivity contribution in [3.8, 4) is 0 Å². The van der Waals surface area contributed by atoms with Gasteiger partial charge < -0.3 is 16.4 Å². The molecule has 0 spiro atoms. The number of aliphatic imine (C=N–C) groups is 1. The van der Waals surface area contributed by atoms with Crippen LogP contribution >= 0.6 is 0 Å². The van der Waals surface area contributed by atoms with Gasteiger partial charge in [-0.2, -0.15) is 0 Å². The van der Waals surface area contributed by atoms with Crippen molar-refractivity contribution >= 4 is 11.6 Å². The van der Waals surface area contributed by atoms with Crippen molar-refractivity contribution < 1.29 is 0 Å². The fourth-order valence-corrected chi connectivity index (χ4v) is 4.05. The molecule has 4 heteroatoms. The van der Waals surface area contributed by atoms with Gasteiger partial charge in [0.2, 0.25) is 0 Å². The lowest BCUT2D eigenvalue weighted by atomic mass is 9.81. The quantitative estimate of drug-likeness (QED) is 0.570. The lowest BCUT2D eigenvalue weighted by molar-refractivity contribution is 0.277. The minimum absolute atomic E-state index is 0.572. The molecule has 132 valence electrons. The minimum Gasteiger partial charge on any atom is -0.353 e. The molecule has 0 aliphatic heterocycles. The smallest absolute Gasteiger partial charge is 0.196 e.